The lowest BCUT2D eigenvalue weighted by Gasteiger charge is -2.11. The second-order valence-corrected chi connectivity index (χ2v) is 7.02. The standard InChI is InChI=1S/C23H20ClFN4O2/c1-15(24)27-11-10-21(26)31-20-9-8-17(13-19(20)25)18-14-28-22(29(2)23(18)30)12-16-6-4-3-5-7-16/h3-11,13-14H,1,12,26H2,2H3/b21-10+,27-11?. The zero-order valence-corrected chi connectivity index (χ0v) is 17.5. The summed E-state index contributed by atoms with van der Waals surface area (Å²) in [4.78, 5) is 20.9. The summed E-state index contributed by atoms with van der Waals surface area (Å²) in [7, 11) is 1.65. The number of hydrogen-bond donors (Lipinski definition) is 1. The molecule has 0 saturated carbocycles. The van der Waals surface area contributed by atoms with Gasteiger partial charge in [0.25, 0.3) is 5.56 Å². The molecule has 1 aromatic heterocycles. The fraction of sp³-hybridized carbons (Fsp3) is 0.0870. The summed E-state index contributed by atoms with van der Waals surface area (Å²) in [5.41, 5.74) is 7.10. The SMILES string of the molecule is C=C(Cl)N=C/C=C(\N)Oc1ccc(-c2cnc(Cc3ccccc3)n(C)c2=O)cc1F. The van der Waals surface area contributed by atoms with E-state index in [1.807, 2.05) is 30.3 Å². The van der Waals surface area contributed by atoms with E-state index in [1.165, 1.54) is 35.2 Å². The third kappa shape index (κ3) is 5.67. The summed E-state index contributed by atoms with van der Waals surface area (Å²) >= 11 is 5.50. The van der Waals surface area contributed by atoms with Gasteiger partial charge in [0.1, 0.15) is 11.0 Å². The maximum absolute atomic E-state index is 14.5. The van der Waals surface area contributed by atoms with Crippen molar-refractivity contribution in [2.75, 3.05) is 0 Å². The summed E-state index contributed by atoms with van der Waals surface area (Å²) in [6.45, 7) is 3.39. The number of aromatic nitrogens is 2. The van der Waals surface area contributed by atoms with Crippen LogP contribution in [0.25, 0.3) is 11.1 Å². The lowest BCUT2D eigenvalue weighted by atomic mass is 10.1. The van der Waals surface area contributed by atoms with Crippen LogP contribution >= 0.6 is 11.6 Å². The molecule has 0 saturated heterocycles. The zero-order chi connectivity index (χ0) is 22.4. The van der Waals surface area contributed by atoms with Gasteiger partial charge in [-0.3, -0.25) is 9.36 Å². The maximum Gasteiger partial charge on any atom is 0.261 e. The second-order valence-electron chi connectivity index (χ2n) is 6.59. The van der Waals surface area contributed by atoms with Crippen LogP contribution < -0.4 is 16.0 Å². The molecule has 6 nitrogen and oxygen atoms in total. The minimum atomic E-state index is -0.678. The average molecular weight is 439 g/mol. The molecule has 1 heterocycles. The molecule has 0 aliphatic heterocycles. The summed E-state index contributed by atoms with van der Waals surface area (Å²) in [6.07, 6.45) is 4.56. The van der Waals surface area contributed by atoms with Crippen LogP contribution in [-0.2, 0) is 13.5 Å². The Kier molecular flexibility index (Phi) is 6.99. The van der Waals surface area contributed by atoms with E-state index < -0.39 is 5.82 Å². The van der Waals surface area contributed by atoms with Gasteiger partial charge >= 0.3 is 0 Å². The van der Waals surface area contributed by atoms with Gasteiger partial charge < -0.3 is 10.5 Å². The molecule has 2 N–H and O–H groups in total. The van der Waals surface area contributed by atoms with Crippen molar-refractivity contribution in [1.82, 2.24) is 9.55 Å². The van der Waals surface area contributed by atoms with Crippen LogP contribution in [0.15, 0.2) is 88.2 Å². The molecule has 0 atom stereocenters. The summed E-state index contributed by atoms with van der Waals surface area (Å²) in [6, 6.07) is 13.9. The lowest BCUT2D eigenvalue weighted by Crippen LogP contribution is -2.23. The monoisotopic (exact) mass is 438 g/mol. The van der Waals surface area contributed by atoms with E-state index in [9.17, 15) is 9.18 Å². The van der Waals surface area contributed by atoms with E-state index in [0.29, 0.717) is 17.8 Å². The highest BCUT2D eigenvalue weighted by molar-refractivity contribution is 6.29. The molecule has 3 rings (SSSR count). The molecule has 0 bridgehead atoms. The number of nitrogens with zero attached hydrogens (tertiary/aromatic N) is 3. The predicted octanol–water partition coefficient (Wildman–Crippen LogP) is 4.14. The van der Waals surface area contributed by atoms with Gasteiger partial charge in [-0.15, -0.1) is 0 Å². The number of rotatable bonds is 7. The number of benzene rings is 2. The molecule has 31 heavy (non-hydrogen) atoms. The van der Waals surface area contributed by atoms with Crippen molar-refractivity contribution in [3.05, 3.63) is 106 Å². The molecule has 8 heteroatoms. The summed E-state index contributed by atoms with van der Waals surface area (Å²) < 4.78 is 21.3. The summed E-state index contributed by atoms with van der Waals surface area (Å²) in [5, 5.41) is 0.0737. The van der Waals surface area contributed by atoms with Crippen molar-refractivity contribution < 1.29 is 9.13 Å². The Balaban J connectivity index is 1.83. The molecule has 158 valence electrons. The molecule has 3 aromatic rings. The molecule has 2 aromatic carbocycles. The van der Waals surface area contributed by atoms with Crippen molar-refractivity contribution in [3.63, 3.8) is 0 Å². The molecular weight excluding hydrogens is 419 g/mol. The number of nitrogens with two attached hydrogens (primary N) is 1. The molecule has 0 radical (unpaired) electrons. The predicted molar refractivity (Wildman–Crippen MR) is 121 cm³/mol. The van der Waals surface area contributed by atoms with Gasteiger partial charge in [0.15, 0.2) is 17.4 Å². The number of allylic oxidation sites excluding steroid dienone is 1. The molecule has 0 aliphatic rings. The Hall–Kier alpha value is -3.71. The van der Waals surface area contributed by atoms with Crippen molar-refractivity contribution >= 4 is 17.8 Å². The fourth-order valence-corrected chi connectivity index (χ4v) is 2.88. The van der Waals surface area contributed by atoms with Crippen molar-refractivity contribution in [3.8, 4) is 16.9 Å². The quantitative estimate of drug-likeness (QED) is 0.341. The van der Waals surface area contributed by atoms with Crippen LogP contribution in [0, 0.1) is 5.82 Å². The van der Waals surface area contributed by atoms with E-state index >= 15 is 0 Å². The Morgan fingerprint density at radius 3 is 2.74 bits per heavy atom. The van der Waals surface area contributed by atoms with Gasteiger partial charge in [0, 0.05) is 32.0 Å². The molecule has 0 aliphatic carbocycles. The molecule has 0 fully saturated rings. The van der Waals surface area contributed by atoms with Gasteiger partial charge in [-0.05, 0) is 23.3 Å². The Morgan fingerprint density at radius 2 is 2.06 bits per heavy atom. The molecular formula is C23H20ClFN4O2. The first-order valence-corrected chi connectivity index (χ1v) is 9.64. The van der Waals surface area contributed by atoms with Gasteiger partial charge in [0.05, 0.1) is 5.56 Å². The van der Waals surface area contributed by atoms with Crippen molar-refractivity contribution in [1.29, 1.82) is 0 Å². The first-order chi connectivity index (χ1) is 14.8. The van der Waals surface area contributed by atoms with Gasteiger partial charge in [0.2, 0.25) is 0 Å². The molecule has 0 amide bonds. The Labute approximate surface area is 183 Å². The van der Waals surface area contributed by atoms with Gasteiger partial charge in [-0.2, -0.15) is 0 Å². The fourth-order valence-electron chi connectivity index (χ4n) is 2.82. The third-order valence-corrected chi connectivity index (χ3v) is 4.49. The van der Waals surface area contributed by atoms with Crippen molar-refractivity contribution in [2.45, 2.75) is 6.42 Å². The largest absolute Gasteiger partial charge is 0.438 e. The zero-order valence-electron chi connectivity index (χ0n) is 16.8. The van der Waals surface area contributed by atoms with Crippen LogP contribution in [0.3, 0.4) is 0 Å². The van der Waals surface area contributed by atoms with Crippen molar-refractivity contribution in [2.24, 2.45) is 17.8 Å². The smallest absolute Gasteiger partial charge is 0.261 e. The highest BCUT2D eigenvalue weighted by Gasteiger charge is 2.13. The topological polar surface area (TPSA) is 82.5 Å². The first kappa shape index (κ1) is 22.0. The minimum absolute atomic E-state index is 0.0737. The first-order valence-electron chi connectivity index (χ1n) is 9.26. The Bertz CT molecular complexity index is 1220. The molecule has 0 unspecified atom stereocenters. The number of aliphatic imine (C=N–C) groups is 1. The Morgan fingerprint density at radius 1 is 1.32 bits per heavy atom. The van der Waals surface area contributed by atoms with Gasteiger partial charge in [-0.25, -0.2) is 14.4 Å². The summed E-state index contributed by atoms with van der Waals surface area (Å²) in [5.74, 6) is -0.250. The molecule has 0 spiro atoms. The lowest BCUT2D eigenvalue weighted by molar-refractivity contribution is 0.393. The highest BCUT2D eigenvalue weighted by atomic mass is 35.5. The van der Waals surface area contributed by atoms with E-state index in [-0.39, 0.29) is 27.9 Å². The maximum atomic E-state index is 14.5. The third-order valence-electron chi connectivity index (χ3n) is 4.39. The van der Waals surface area contributed by atoms with Crippen LogP contribution in [-0.4, -0.2) is 15.8 Å². The normalized spacial score (nSPS) is 11.6. The van der Waals surface area contributed by atoms with Crippen LogP contribution in [0.4, 0.5) is 4.39 Å². The second kappa shape index (κ2) is 9.86. The van der Waals surface area contributed by atoms with Gasteiger partial charge in [-0.1, -0.05) is 54.6 Å². The van der Waals surface area contributed by atoms with Crippen LogP contribution in [0.1, 0.15) is 11.4 Å². The number of ether oxygens (including phenoxy) is 1. The minimum Gasteiger partial charge on any atom is -0.438 e. The highest BCUT2D eigenvalue weighted by Crippen LogP contribution is 2.24. The van der Waals surface area contributed by atoms with Crippen LogP contribution in [0.2, 0.25) is 0 Å². The van der Waals surface area contributed by atoms with E-state index in [2.05, 4.69) is 16.6 Å². The number of hydrogen-bond acceptors (Lipinski definition) is 5. The van der Waals surface area contributed by atoms with Crippen LogP contribution in [0.5, 0.6) is 5.75 Å². The van der Waals surface area contributed by atoms with E-state index in [0.717, 1.165) is 5.56 Å². The average Bonchev–Trinajstić information content (AvgIpc) is 2.74. The van der Waals surface area contributed by atoms with E-state index in [1.54, 1.807) is 13.1 Å². The van der Waals surface area contributed by atoms with E-state index in [4.69, 9.17) is 22.1 Å². The number of halogens is 2.